The average molecular weight is 493 g/mol. The molecule has 34 heavy (non-hydrogen) atoms. The maximum Gasteiger partial charge on any atom is 0.243 e. The van der Waals surface area contributed by atoms with E-state index >= 15 is 0 Å². The van der Waals surface area contributed by atoms with E-state index in [0.29, 0.717) is 58.3 Å². The second-order valence-electron chi connectivity index (χ2n) is 9.02. The predicted molar refractivity (Wildman–Crippen MR) is 130 cm³/mol. The fraction of sp³-hybridized carbons (Fsp3) is 0.609. The first kappa shape index (κ1) is 26.0. The predicted octanol–water partition coefficient (Wildman–Crippen LogP) is 0.686. The Morgan fingerprint density at radius 1 is 1.03 bits per heavy atom. The lowest BCUT2D eigenvalue weighted by Gasteiger charge is -2.34. The van der Waals surface area contributed by atoms with E-state index in [2.05, 4.69) is 15.6 Å². The van der Waals surface area contributed by atoms with Crippen LogP contribution in [0.15, 0.2) is 40.2 Å². The van der Waals surface area contributed by atoms with Crippen molar-refractivity contribution in [2.45, 2.75) is 62.3 Å². The van der Waals surface area contributed by atoms with Gasteiger partial charge >= 0.3 is 0 Å². The Labute approximate surface area is 201 Å². The Kier molecular flexibility index (Phi) is 8.90. The van der Waals surface area contributed by atoms with Crippen LogP contribution in [-0.4, -0.2) is 62.7 Å². The maximum atomic E-state index is 13.2. The van der Waals surface area contributed by atoms with Crippen LogP contribution in [0, 0.1) is 5.41 Å². The summed E-state index contributed by atoms with van der Waals surface area (Å²) >= 11 is 0. The zero-order chi connectivity index (χ0) is 24.6. The standard InChI is InChI=1S/C23H36N6O4S/c24-22(25)27-15-7-6-14-26-20(30)23(12-4-5-13-23)21(31)28-18-10-16-29(17-11-18)34(32,33)19-8-2-1-3-9-19/h1-3,8-9,18H,4-7,10-17H2,(H,26,30)(H,28,31)(H4,24,25,27). The SMILES string of the molecule is NC(N)=NCCCCNC(=O)C1(C(=O)NC2CCN(S(=O)(=O)c3ccccc3)CC2)CCCC1. The number of rotatable bonds is 10. The van der Waals surface area contributed by atoms with Crippen molar-refractivity contribution in [2.24, 2.45) is 21.9 Å². The van der Waals surface area contributed by atoms with Gasteiger partial charge in [0.25, 0.3) is 0 Å². The van der Waals surface area contributed by atoms with Crippen molar-refractivity contribution < 1.29 is 18.0 Å². The summed E-state index contributed by atoms with van der Waals surface area (Å²) < 4.78 is 27.1. The number of sulfonamides is 1. The van der Waals surface area contributed by atoms with Gasteiger partial charge in [-0.3, -0.25) is 14.6 Å². The molecule has 0 atom stereocenters. The Morgan fingerprint density at radius 2 is 1.68 bits per heavy atom. The summed E-state index contributed by atoms with van der Waals surface area (Å²) in [5, 5.41) is 5.97. The van der Waals surface area contributed by atoms with E-state index < -0.39 is 15.4 Å². The number of nitrogens with zero attached hydrogens (tertiary/aromatic N) is 2. The molecule has 1 saturated carbocycles. The molecule has 0 spiro atoms. The minimum Gasteiger partial charge on any atom is -0.370 e. The highest BCUT2D eigenvalue weighted by Gasteiger charge is 2.48. The molecule has 0 aromatic heterocycles. The number of unbranched alkanes of at least 4 members (excludes halogenated alkanes) is 1. The molecule has 10 nitrogen and oxygen atoms in total. The van der Waals surface area contributed by atoms with E-state index in [9.17, 15) is 18.0 Å². The number of hydrogen-bond donors (Lipinski definition) is 4. The molecule has 1 aliphatic carbocycles. The Hall–Kier alpha value is -2.66. The van der Waals surface area contributed by atoms with Gasteiger partial charge in [-0.2, -0.15) is 4.31 Å². The van der Waals surface area contributed by atoms with Crippen LogP contribution in [-0.2, 0) is 19.6 Å². The number of nitrogens with one attached hydrogen (secondary N) is 2. The summed E-state index contributed by atoms with van der Waals surface area (Å²) in [7, 11) is -3.54. The van der Waals surface area contributed by atoms with E-state index in [1.165, 1.54) is 4.31 Å². The van der Waals surface area contributed by atoms with E-state index in [1.807, 2.05) is 0 Å². The van der Waals surface area contributed by atoms with Gasteiger partial charge in [-0.25, -0.2) is 8.42 Å². The molecular formula is C23H36N6O4S. The molecular weight excluding hydrogens is 456 g/mol. The Morgan fingerprint density at radius 3 is 2.29 bits per heavy atom. The van der Waals surface area contributed by atoms with Crippen LogP contribution in [0.2, 0.25) is 0 Å². The molecule has 3 rings (SSSR count). The van der Waals surface area contributed by atoms with E-state index in [-0.39, 0.29) is 28.7 Å². The number of carbonyl (C=O) groups excluding carboxylic acids is 2. The zero-order valence-corrected chi connectivity index (χ0v) is 20.4. The van der Waals surface area contributed by atoms with E-state index in [0.717, 1.165) is 19.3 Å². The molecule has 1 aliphatic heterocycles. The first-order valence-corrected chi connectivity index (χ1v) is 13.4. The number of nitrogens with two attached hydrogens (primary N) is 2. The molecule has 2 fully saturated rings. The van der Waals surface area contributed by atoms with Crippen LogP contribution < -0.4 is 22.1 Å². The zero-order valence-electron chi connectivity index (χ0n) is 19.5. The molecule has 2 aliphatic rings. The summed E-state index contributed by atoms with van der Waals surface area (Å²) in [5.41, 5.74) is 9.56. The van der Waals surface area contributed by atoms with Crippen LogP contribution in [0.1, 0.15) is 51.4 Å². The van der Waals surface area contributed by atoms with Gasteiger partial charge in [0, 0.05) is 32.2 Å². The van der Waals surface area contributed by atoms with Gasteiger partial charge in [-0.1, -0.05) is 31.0 Å². The smallest absolute Gasteiger partial charge is 0.243 e. The van der Waals surface area contributed by atoms with Gasteiger partial charge in [-0.05, 0) is 50.7 Å². The van der Waals surface area contributed by atoms with E-state index in [4.69, 9.17) is 11.5 Å². The van der Waals surface area contributed by atoms with Crippen LogP contribution in [0.3, 0.4) is 0 Å². The van der Waals surface area contributed by atoms with Crippen LogP contribution in [0.25, 0.3) is 0 Å². The quantitative estimate of drug-likeness (QED) is 0.163. The van der Waals surface area contributed by atoms with Gasteiger partial charge in [-0.15, -0.1) is 0 Å². The van der Waals surface area contributed by atoms with E-state index in [1.54, 1.807) is 30.3 Å². The van der Waals surface area contributed by atoms with Crippen molar-refractivity contribution in [3.05, 3.63) is 30.3 Å². The molecule has 1 aromatic rings. The Balaban J connectivity index is 1.51. The first-order chi connectivity index (χ1) is 16.3. The number of piperidine rings is 1. The lowest BCUT2D eigenvalue weighted by molar-refractivity contribution is -0.143. The summed E-state index contributed by atoms with van der Waals surface area (Å²) in [6, 6.07) is 8.22. The van der Waals surface area contributed by atoms with Crippen molar-refractivity contribution in [3.8, 4) is 0 Å². The van der Waals surface area contributed by atoms with Crippen molar-refractivity contribution in [1.82, 2.24) is 14.9 Å². The van der Waals surface area contributed by atoms with Crippen LogP contribution in [0.5, 0.6) is 0 Å². The first-order valence-electron chi connectivity index (χ1n) is 12.0. The third-order valence-corrected chi connectivity index (χ3v) is 8.57. The topological polar surface area (TPSA) is 160 Å². The highest BCUT2D eigenvalue weighted by atomic mass is 32.2. The molecule has 11 heteroatoms. The average Bonchev–Trinajstić information content (AvgIpc) is 3.33. The second kappa shape index (κ2) is 11.7. The molecule has 0 unspecified atom stereocenters. The molecule has 1 saturated heterocycles. The summed E-state index contributed by atoms with van der Waals surface area (Å²) in [5.74, 6) is -0.421. The van der Waals surface area contributed by atoms with Gasteiger partial charge in [0.15, 0.2) is 5.96 Å². The lowest BCUT2D eigenvalue weighted by atomic mass is 9.83. The number of benzene rings is 1. The second-order valence-corrected chi connectivity index (χ2v) is 11.0. The van der Waals surface area contributed by atoms with Gasteiger partial charge in [0.05, 0.1) is 4.90 Å². The maximum absolute atomic E-state index is 13.2. The van der Waals surface area contributed by atoms with Gasteiger partial charge < -0.3 is 22.1 Å². The Bertz CT molecular complexity index is 964. The lowest BCUT2D eigenvalue weighted by Crippen LogP contribution is -2.54. The molecule has 1 aromatic carbocycles. The number of hydrogen-bond acceptors (Lipinski definition) is 5. The third kappa shape index (κ3) is 6.26. The third-order valence-electron chi connectivity index (χ3n) is 6.66. The van der Waals surface area contributed by atoms with Crippen LogP contribution >= 0.6 is 0 Å². The highest BCUT2D eigenvalue weighted by molar-refractivity contribution is 7.89. The van der Waals surface area contributed by atoms with Gasteiger partial charge in [0.1, 0.15) is 5.41 Å². The molecule has 0 bridgehead atoms. The minimum absolute atomic E-state index is 0.0501. The monoisotopic (exact) mass is 492 g/mol. The number of carbonyl (C=O) groups is 2. The molecule has 0 radical (unpaired) electrons. The molecule has 1 heterocycles. The fourth-order valence-electron chi connectivity index (χ4n) is 4.66. The minimum atomic E-state index is -3.54. The van der Waals surface area contributed by atoms with Crippen molar-refractivity contribution >= 4 is 27.8 Å². The number of guanidine groups is 1. The van der Waals surface area contributed by atoms with Crippen molar-refractivity contribution in [2.75, 3.05) is 26.2 Å². The number of aliphatic imine (C=N–C) groups is 1. The molecule has 6 N–H and O–H groups in total. The number of amides is 2. The normalized spacial score (nSPS) is 18.8. The molecule has 188 valence electrons. The largest absolute Gasteiger partial charge is 0.370 e. The summed E-state index contributed by atoms with van der Waals surface area (Å²) in [6.45, 7) is 1.63. The summed E-state index contributed by atoms with van der Waals surface area (Å²) in [4.78, 5) is 30.4. The van der Waals surface area contributed by atoms with Crippen molar-refractivity contribution in [1.29, 1.82) is 0 Å². The van der Waals surface area contributed by atoms with Gasteiger partial charge in [0.2, 0.25) is 21.8 Å². The van der Waals surface area contributed by atoms with Crippen molar-refractivity contribution in [3.63, 3.8) is 0 Å². The molecule has 2 amide bonds. The van der Waals surface area contributed by atoms with Crippen LogP contribution in [0.4, 0.5) is 0 Å². The highest BCUT2D eigenvalue weighted by Crippen LogP contribution is 2.39. The fourth-order valence-corrected chi connectivity index (χ4v) is 6.15. The summed E-state index contributed by atoms with van der Waals surface area (Å²) in [6.07, 6.45) is 5.20.